The summed E-state index contributed by atoms with van der Waals surface area (Å²) in [5, 5.41) is 3.04. The first-order chi connectivity index (χ1) is 8.91. The molecule has 0 bridgehead atoms. The molecule has 19 heavy (non-hydrogen) atoms. The van der Waals surface area contributed by atoms with E-state index in [1.807, 2.05) is 44.2 Å². The topological polar surface area (TPSA) is 55.1 Å². The van der Waals surface area contributed by atoms with Gasteiger partial charge >= 0.3 is 0 Å². The van der Waals surface area contributed by atoms with Crippen molar-refractivity contribution in [3.05, 3.63) is 35.9 Å². The first kappa shape index (κ1) is 15.7. The Labute approximate surface area is 116 Å². The van der Waals surface area contributed by atoms with Gasteiger partial charge in [0.1, 0.15) is 0 Å². The number of carbonyl (C=O) groups excluding carboxylic acids is 1. The van der Waals surface area contributed by atoms with E-state index in [0.29, 0.717) is 5.92 Å². The monoisotopic (exact) mass is 262 g/mol. The van der Waals surface area contributed by atoms with Crippen LogP contribution in [0.15, 0.2) is 30.3 Å². The van der Waals surface area contributed by atoms with E-state index in [-0.39, 0.29) is 23.9 Å². The maximum absolute atomic E-state index is 12.2. The molecule has 0 spiro atoms. The first-order valence-electron chi connectivity index (χ1n) is 7.02. The SMILES string of the molecule is CC(C)CC(C)NC(=O)C(C)C(N)c1ccccc1. The number of nitrogens with two attached hydrogens (primary N) is 1. The number of hydrogen-bond acceptors (Lipinski definition) is 2. The van der Waals surface area contributed by atoms with Crippen LogP contribution in [0, 0.1) is 11.8 Å². The molecule has 0 heterocycles. The molecular formula is C16H26N2O. The maximum Gasteiger partial charge on any atom is 0.224 e. The van der Waals surface area contributed by atoms with Crippen LogP contribution in [0.25, 0.3) is 0 Å². The van der Waals surface area contributed by atoms with E-state index in [9.17, 15) is 4.79 Å². The minimum absolute atomic E-state index is 0.0319. The molecule has 0 saturated carbocycles. The molecule has 3 N–H and O–H groups in total. The lowest BCUT2D eigenvalue weighted by atomic mass is 9.94. The average molecular weight is 262 g/mol. The van der Waals surface area contributed by atoms with Gasteiger partial charge in [0, 0.05) is 12.1 Å². The fraction of sp³-hybridized carbons (Fsp3) is 0.562. The number of hydrogen-bond donors (Lipinski definition) is 2. The molecule has 1 amide bonds. The molecule has 0 aliphatic heterocycles. The van der Waals surface area contributed by atoms with Gasteiger partial charge in [0.2, 0.25) is 5.91 Å². The van der Waals surface area contributed by atoms with Gasteiger partial charge in [-0.15, -0.1) is 0 Å². The van der Waals surface area contributed by atoms with Gasteiger partial charge in [0.15, 0.2) is 0 Å². The molecule has 3 heteroatoms. The van der Waals surface area contributed by atoms with Crippen LogP contribution in [0.2, 0.25) is 0 Å². The summed E-state index contributed by atoms with van der Waals surface area (Å²) in [5.74, 6) is 0.384. The molecule has 0 aromatic heterocycles. The lowest BCUT2D eigenvalue weighted by Gasteiger charge is -2.23. The summed E-state index contributed by atoms with van der Waals surface area (Å²) in [4.78, 5) is 12.2. The summed E-state index contributed by atoms with van der Waals surface area (Å²) < 4.78 is 0. The lowest BCUT2D eigenvalue weighted by Crippen LogP contribution is -2.40. The van der Waals surface area contributed by atoms with Crippen LogP contribution in [0.3, 0.4) is 0 Å². The Morgan fingerprint density at radius 2 is 1.74 bits per heavy atom. The van der Waals surface area contributed by atoms with Gasteiger partial charge in [-0.05, 0) is 24.8 Å². The molecule has 3 nitrogen and oxygen atoms in total. The van der Waals surface area contributed by atoms with E-state index in [1.54, 1.807) is 0 Å². The molecule has 1 aromatic rings. The van der Waals surface area contributed by atoms with Gasteiger partial charge in [-0.1, -0.05) is 51.1 Å². The van der Waals surface area contributed by atoms with Crippen LogP contribution in [0.4, 0.5) is 0 Å². The van der Waals surface area contributed by atoms with Gasteiger partial charge in [-0.2, -0.15) is 0 Å². The quantitative estimate of drug-likeness (QED) is 0.828. The smallest absolute Gasteiger partial charge is 0.224 e. The third-order valence-electron chi connectivity index (χ3n) is 3.35. The van der Waals surface area contributed by atoms with Crippen molar-refractivity contribution in [3.8, 4) is 0 Å². The van der Waals surface area contributed by atoms with Crippen LogP contribution in [0.5, 0.6) is 0 Å². The van der Waals surface area contributed by atoms with Crippen LogP contribution in [-0.4, -0.2) is 11.9 Å². The van der Waals surface area contributed by atoms with E-state index < -0.39 is 0 Å². The van der Waals surface area contributed by atoms with E-state index in [2.05, 4.69) is 19.2 Å². The van der Waals surface area contributed by atoms with Gasteiger partial charge in [0.25, 0.3) is 0 Å². The minimum Gasteiger partial charge on any atom is -0.353 e. The van der Waals surface area contributed by atoms with Crippen LogP contribution >= 0.6 is 0 Å². The second kappa shape index (κ2) is 7.29. The Bertz CT molecular complexity index is 389. The number of benzene rings is 1. The normalized spacial score (nSPS) is 15.9. The third-order valence-corrected chi connectivity index (χ3v) is 3.35. The highest BCUT2D eigenvalue weighted by Gasteiger charge is 2.23. The number of rotatable bonds is 6. The van der Waals surface area contributed by atoms with Crippen LogP contribution < -0.4 is 11.1 Å². The van der Waals surface area contributed by atoms with Crippen molar-refractivity contribution in [2.75, 3.05) is 0 Å². The molecule has 0 aliphatic carbocycles. The van der Waals surface area contributed by atoms with Crippen LogP contribution in [-0.2, 0) is 4.79 Å². The standard InChI is InChI=1S/C16H26N2O/c1-11(2)10-12(3)18-16(19)13(4)15(17)14-8-6-5-7-9-14/h5-9,11-13,15H,10,17H2,1-4H3,(H,18,19). The predicted molar refractivity (Wildman–Crippen MR) is 79.6 cm³/mol. The first-order valence-corrected chi connectivity index (χ1v) is 7.02. The summed E-state index contributed by atoms with van der Waals surface area (Å²) in [6, 6.07) is 9.71. The Hall–Kier alpha value is -1.35. The summed E-state index contributed by atoms with van der Waals surface area (Å²) in [6.45, 7) is 8.23. The van der Waals surface area contributed by atoms with Crippen molar-refractivity contribution in [2.24, 2.45) is 17.6 Å². The Kier molecular flexibility index (Phi) is 6.03. The molecule has 1 rings (SSSR count). The van der Waals surface area contributed by atoms with E-state index in [4.69, 9.17) is 5.73 Å². The number of amides is 1. The van der Waals surface area contributed by atoms with E-state index in [1.165, 1.54) is 0 Å². The molecule has 0 aliphatic rings. The zero-order valence-electron chi connectivity index (χ0n) is 12.4. The summed E-state index contributed by atoms with van der Waals surface area (Å²) in [6.07, 6.45) is 0.985. The van der Waals surface area contributed by atoms with Crippen molar-refractivity contribution in [3.63, 3.8) is 0 Å². The van der Waals surface area contributed by atoms with E-state index >= 15 is 0 Å². The Morgan fingerprint density at radius 3 is 2.26 bits per heavy atom. The summed E-state index contributed by atoms with van der Waals surface area (Å²) in [5.41, 5.74) is 7.16. The van der Waals surface area contributed by atoms with Crippen molar-refractivity contribution in [1.29, 1.82) is 0 Å². The third kappa shape index (κ3) is 5.03. The zero-order valence-corrected chi connectivity index (χ0v) is 12.4. The number of nitrogens with one attached hydrogen (secondary N) is 1. The van der Waals surface area contributed by atoms with Gasteiger partial charge in [-0.3, -0.25) is 4.79 Å². The fourth-order valence-electron chi connectivity index (χ4n) is 2.27. The Balaban J connectivity index is 2.57. The molecular weight excluding hydrogens is 236 g/mol. The van der Waals surface area contributed by atoms with Crippen molar-refractivity contribution in [2.45, 2.75) is 46.2 Å². The second-order valence-electron chi connectivity index (χ2n) is 5.76. The molecule has 0 fully saturated rings. The summed E-state index contributed by atoms with van der Waals surface area (Å²) in [7, 11) is 0. The molecule has 106 valence electrons. The average Bonchev–Trinajstić information content (AvgIpc) is 2.36. The molecule has 3 unspecified atom stereocenters. The highest BCUT2D eigenvalue weighted by molar-refractivity contribution is 5.79. The highest BCUT2D eigenvalue weighted by Crippen LogP contribution is 2.19. The van der Waals surface area contributed by atoms with Gasteiger partial charge < -0.3 is 11.1 Å². The lowest BCUT2D eigenvalue weighted by molar-refractivity contribution is -0.125. The minimum atomic E-state index is -0.257. The summed E-state index contributed by atoms with van der Waals surface area (Å²) >= 11 is 0. The van der Waals surface area contributed by atoms with E-state index in [0.717, 1.165) is 12.0 Å². The molecule has 0 radical (unpaired) electrons. The number of carbonyl (C=O) groups is 1. The highest BCUT2D eigenvalue weighted by atomic mass is 16.1. The van der Waals surface area contributed by atoms with Gasteiger partial charge in [0.05, 0.1) is 5.92 Å². The second-order valence-corrected chi connectivity index (χ2v) is 5.76. The van der Waals surface area contributed by atoms with Crippen molar-refractivity contribution in [1.82, 2.24) is 5.32 Å². The molecule has 3 atom stereocenters. The maximum atomic E-state index is 12.2. The Morgan fingerprint density at radius 1 is 1.16 bits per heavy atom. The predicted octanol–water partition coefficient (Wildman–Crippen LogP) is 2.87. The van der Waals surface area contributed by atoms with Crippen molar-refractivity contribution < 1.29 is 4.79 Å². The van der Waals surface area contributed by atoms with Gasteiger partial charge in [-0.25, -0.2) is 0 Å². The van der Waals surface area contributed by atoms with Crippen LogP contribution in [0.1, 0.15) is 45.7 Å². The largest absolute Gasteiger partial charge is 0.353 e. The fourth-order valence-corrected chi connectivity index (χ4v) is 2.27. The molecule has 1 aromatic carbocycles. The van der Waals surface area contributed by atoms with Crippen molar-refractivity contribution >= 4 is 5.91 Å². The zero-order chi connectivity index (χ0) is 14.4. The molecule has 0 saturated heterocycles.